The van der Waals surface area contributed by atoms with E-state index in [-0.39, 0.29) is 29.7 Å². The zero-order valence-corrected chi connectivity index (χ0v) is 21.7. The van der Waals surface area contributed by atoms with E-state index in [0.717, 1.165) is 17.6 Å². The molecule has 37 heavy (non-hydrogen) atoms. The number of allylic oxidation sites excluding steroid dienone is 2. The Balaban J connectivity index is 1.94. The predicted molar refractivity (Wildman–Crippen MR) is 137 cm³/mol. The third kappa shape index (κ3) is 3.88. The number of ketones is 2. The van der Waals surface area contributed by atoms with Gasteiger partial charge in [0.15, 0.2) is 11.4 Å². The summed E-state index contributed by atoms with van der Waals surface area (Å²) in [5.74, 6) is -6.07. The summed E-state index contributed by atoms with van der Waals surface area (Å²) in [4.78, 5) is 40.6. The van der Waals surface area contributed by atoms with Gasteiger partial charge in [0.25, 0.3) is 5.91 Å². The van der Waals surface area contributed by atoms with Gasteiger partial charge in [0.2, 0.25) is 5.78 Å². The number of aromatic hydroxyl groups is 1. The van der Waals surface area contributed by atoms with Crippen molar-refractivity contribution >= 4 is 28.8 Å². The van der Waals surface area contributed by atoms with Crippen molar-refractivity contribution in [2.45, 2.75) is 51.7 Å². The third-order valence-electron chi connectivity index (χ3n) is 7.92. The lowest BCUT2D eigenvalue weighted by atomic mass is 9.57. The number of aliphatic hydroxyl groups is 3. The van der Waals surface area contributed by atoms with Crippen LogP contribution in [-0.4, -0.2) is 68.5 Å². The molecule has 1 aromatic carbocycles. The summed E-state index contributed by atoms with van der Waals surface area (Å²) in [6, 6.07) is 2.13. The van der Waals surface area contributed by atoms with Crippen molar-refractivity contribution in [1.29, 1.82) is 0 Å². The highest BCUT2D eigenvalue weighted by molar-refractivity contribution is 6.24. The summed E-state index contributed by atoms with van der Waals surface area (Å²) in [5, 5.41) is 44.6. The molecule has 1 aromatic rings. The number of nitrogens with two attached hydrogens (primary N) is 1. The van der Waals surface area contributed by atoms with Crippen LogP contribution in [0.5, 0.6) is 5.75 Å². The zero-order chi connectivity index (χ0) is 27.6. The minimum Gasteiger partial charge on any atom is -0.508 e. The number of hydrogen-bond acceptors (Lipinski definition) is 8. The summed E-state index contributed by atoms with van der Waals surface area (Å²) < 4.78 is 0. The first-order valence-corrected chi connectivity index (χ1v) is 12.4. The number of Topliss-reactive ketones (excluding diaryl/α,β-unsaturated/α-hetero) is 2. The van der Waals surface area contributed by atoms with E-state index < -0.39 is 58.0 Å². The van der Waals surface area contributed by atoms with E-state index >= 15 is 0 Å². The van der Waals surface area contributed by atoms with Crippen LogP contribution in [0.4, 0.5) is 0 Å². The largest absolute Gasteiger partial charge is 0.508 e. The van der Waals surface area contributed by atoms with E-state index in [9.17, 15) is 34.8 Å². The van der Waals surface area contributed by atoms with Gasteiger partial charge in [-0.05, 0) is 74.9 Å². The molecule has 9 heteroatoms. The van der Waals surface area contributed by atoms with Crippen LogP contribution in [0.15, 0.2) is 35.1 Å². The van der Waals surface area contributed by atoms with Crippen molar-refractivity contribution in [2.75, 3.05) is 14.1 Å². The van der Waals surface area contributed by atoms with Crippen molar-refractivity contribution < 1.29 is 34.8 Å². The quantitative estimate of drug-likeness (QED) is 0.377. The molecule has 0 saturated heterocycles. The van der Waals surface area contributed by atoms with Crippen LogP contribution in [0.25, 0.3) is 11.3 Å². The molecule has 6 N–H and O–H groups in total. The lowest BCUT2D eigenvalue weighted by Crippen LogP contribution is -2.65. The first kappa shape index (κ1) is 26.6. The van der Waals surface area contributed by atoms with Crippen LogP contribution in [-0.2, 0) is 20.8 Å². The summed E-state index contributed by atoms with van der Waals surface area (Å²) in [6.45, 7) is 6.16. The molecule has 1 amide bonds. The minimum atomic E-state index is -2.63. The molecule has 4 atom stereocenters. The summed E-state index contributed by atoms with van der Waals surface area (Å²) in [7, 11) is 3.15. The number of carbonyl (C=O) groups excluding carboxylic acids is 3. The summed E-state index contributed by atoms with van der Waals surface area (Å²) >= 11 is 0. The van der Waals surface area contributed by atoms with Crippen molar-refractivity contribution in [3.8, 4) is 5.75 Å². The van der Waals surface area contributed by atoms with Crippen molar-refractivity contribution in [1.82, 2.24) is 4.90 Å². The third-order valence-corrected chi connectivity index (χ3v) is 7.92. The van der Waals surface area contributed by atoms with Crippen molar-refractivity contribution in [2.24, 2.45) is 23.5 Å². The molecule has 198 valence electrons. The lowest BCUT2D eigenvalue weighted by molar-refractivity contribution is -0.153. The number of benzene rings is 1. The monoisotopic (exact) mass is 510 g/mol. The van der Waals surface area contributed by atoms with E-state index in [1.807, 2.05) is 6.92 Å². The Hall–Kier alpha value is -3.43. The smallest absolute Gasteiger partial charge is 0.255 e. The number of phenolic OH excluding ortho intramolecular Hbond substituents is 1. The number of carbonyl (C=O) groups is 3. The van der Waals surface area contributed by atoms with Gasteiger partial charge in [-0.15, -0.1) is 0 Å². The second kappa shape index (κ2) is 9.15. The number of nitrogens with zero attached hydrogens (tertiary/aromatic N) is 1. The number of phenols is 1. The topological polar surface area (TPSA) is 161 Å². The number of likely N-dealkylation sites (N-methyl/N-ethyl adjacent to an activating group) is 1. The van der Waals surface area contributed by atoms with Gasteiger partial charge in [-0.2, -0.15) is 0 Å². The molecule has 0 heterocycles. The van der Waals surface area contributed by atoms with Gasteiger partial charge in [-0.3, -0.25) is 19.3 Å². The fraction of sp³-hybridized carbons (Fsp3) is 0.464. The number of amides is 1. The first-order valence-electron chi connectivity index (χ1n) is 12.4. The van der Waals surface area contributed by atoms with E-state index in [4.69, 9.17) is 5.73 Å². The molecule has 0 radical (unpaired) electrons. The molecule has 4 unspecified atom stereocenters. The standard InChI is InChI=1S/C28H34N2O7/c1-12(2)6-7-13(3)15-8-9-18(31)20-16(15)10-14-11-17-22(30(4)5)24(33)21(27(29)36)26(35)28(17,37)25(34)19(14)23(20)32/h7-9,12,14,17,22,31-32,35,37H,6,10-11H2,1-5H3,(H2,29,36)/b13-7-. The molecular formula is C28H34N2O7. The number of rotatable bonds is 5. The number of hydrogen-bond donors (Lipinski definition) is 5. The van der Waals surface area contributed by atoms with E-state index in [1.54, 1.807) is 20.2 Å². The van der Waals surface area contributed by atoms with E-state index in [2.05, 4.69) is 19.9 Å². The van der Waals surface area contributed by atoms with Crippen LogP contribution in [0.3, 0.4) is 0 Å². The SMILES string of the molecule is C/C(=C/CC(C)C)c1ccc(O)c2c1CC1CC3C(N(C)C)C(=O)C(C(N)=O)=C(O)C3(O)C(=O)C1=C2O. The van der Waals surface area contributed by atoms with Crippen LogP contribution < -0.4 is 5.73 Å². The highest BCUT2D eigenvalue weighted by atomic mass is 16.3. The van der Waals surface area contributed by atoms with Gasteiger partial charge in [-0.1, -0.05) is 26.0 Å². The van der Waals surface area contributed by atoms with Crippen molar-refractivity contribution in [3.05, 3.63) is 51.8 Å². The normalized spacial score (nSPS) is 28.0. The Kier molecular flexibility index (Phi) is 6.58. The Labute approximate surface area is 215 Å². The first-order chi connectivity index (χ1) is 17.2. The van der Waals surface area contributed by atoms with Crippen molar-refractivity contribution in [3.63, 3.8) is 0 Å². The highest BCUT2D eigenvalue weighted by Crippen LogP contribution is 2.53. The van der Waals surface area contributed by atoms with Crippen LogP contribution >= 0.6 is 0 Å². The summed E-state index contributed by atoms with van der Waals surface area (Å²) in [6.07, 6.45) is 3.27. The maximum Gasteiger partial charge on any atom is 0.255 e. The fourth-order valence-electron chi connectivity index (χ4n) is 6.14. The van der Waals surface area contributed by atoms with E-state index in [1.165, 1.54) is 11.0 Å². The molecule has 1 fully saturated rings. The Morgan fingerprint density at radius 2 is 1.86 bits per heavy atom. The number of fused-ring (bicyclic) bond motifs is 3. The number of primary amides is 1. The second-order valence-corrected chi connectivity index (χ2v) is 11.0. The minimum absolute atomic E-state index is 0.0651. The van der Waals surface area contributed by atoms with Gasteiger partial charge >= 0.3 is 0 Å². The average Bonchev–Trinajstić information content (AvgIpc) is 2.79. The zero-order valence-electron chi connectivity index (χ0n) is 21.7. The van der Waals surface area contributed by atoms with Gasteiger partial charge in [0.05, 0.1) is 11.6 Å². The average molecular weight is 511 g/mol. The molecule has 9 nitrogen and oxygen atoms in total. The number of aliphatic hydroxyl groups excluding tert-OH is 2. The van der Waals surface area contributed by atoms with Gasteiger partial charge in [-0.25, -0.2) is 0 Å². The molecule has 0 aliphatic heterocycles. The molecular weight excluding hydrogens is 476 g/mol. The molecule has 1 saturated carbocycles. The predicted octanol–water partition coefficient (Wildman–Crippen LogP) is 2.41. The van der Waals surface area contributed by atoms with Gasteiger partial charge in [0, 0.05) is 11.5 Å². The molecule has 3 aliphatic carbocycles. The molecule has 3 aliphatic rings. The molecule has 0 aromatic heterocycles. The maximum atomic E-state index is 13.9. The van der Waals surface area contributed by atoms with Gasteiger partial charge in [0.1, 0.15) is 22.8 Å². The summed E-state index contributed by atoms with van der Waals surface area (Å²) in [5.41, 5.74) is 4.31. The lowest BCUT2D eigenvalue weighted by Gasteiger charge is -2.50. The Morgan fingerprint density at radius 1 is 1.22 bits per heavy atom. The fourth-order valence-corrected chi connectivity index (χ4v) is 6.14. The maximum absolute atomic E-state index is 13.9. The van der Waals surface area contributed by atoms with Gasteiger partial charge < -0.3 is 26.2 Å². The van der Waals surface area contributed by atoms with Crippen LogP contribution in [0.1, 0.15) is 50.3 Å². The highest BCUT2D eigenvalue weighted by Gasteiger charge is 2.64. The van der Waals surface area contributed by atoms with Crippen LogP contribution in [0, 0.1) is 17.8 Å². The molecule has 0 spiro atoms. The Morgan fingerprint density at radius 3 is 2.43 bits per heavy atom. The second-order valence-electron chi connectivity index (χ2n) is 11.0. The molecule has 4 rings (SSSR count). The molecule has 0 bridgehead atoms. The Bertz CT molecular complexity index is 1300. The van der Waals surface area contributed by atoms with E-state index in [0.29, 0.717) is 11.5 Å². The van der Waals surface area contributed by atoms with Crippen LogP contribution in [0.2, 0.25) is 0 Å².